The van der Waals surface area contributed by atoms with Gasteiger partial charge in [-0.25, -0.2) is 0 Å². The second kappa shape index (κ2) is 7.11. The lowest BCUT2D eigenvalue weighted by Crippen LogP contribution is -2.02. The summed E-state index contributed by atoms with van der Waals surface area (Å²) in [7, 11) is 0. The predicted octanol–water partition coefficient (Wildman–Crippen LogP) is 3.49. The van der Waals surface area contributed by atoms with E-state index < -0.39 is 0 Å². The summed E-state index contributed by atoms with van der Waals surface area (Å²) in [4.78, 5) is 12.2. The molecule has 1 aromatic heterocycles. The number of thioether (sulfide) groups is 1. The van der Waals surface area contributed by atoms with Gasteiger partial charge in [-0.1, -0.05) is 23.1 Å². The quantitative estimate of drug-likeness (QED) is 0.588. The van der Waals surface area contributed by atoms with Gasteiger partial charge in [-0.3, -0.25) is 4.79 Å². The molecule has 5 nitrogen and oxygen atoms in total. The zero-order chi connectivity index (χ0) is 15.4. The lowest BCUT2D eigenvalue weighted by atomic mass is 10.1. The summed E-state index contributed by atoms with van der Waals surface area (Å²) in [6, 6.07) is 7.81. The molecule has 22 heavy (non-hydrogen) atoms. The molecule has 1 aliphatic rings. The predicted molar refractivity (Wildman–Crippen MR) is 89.2 cm³/mol. The zero-order valence-electron chi connectivity index (χ0n) is 12.2. The Labute approximate surface area is 137 Å². The van der Waals surface area contributed by atoms with E-state index in [0.29, 0.717) is 24.0 Å². The molecular weight excluding hydrogens is 318 g/mol. The fourth-order valence-electron chi connectivity index (χ4n) is 1.84. The van der Waals surface area contributed by atoms with Gasteiger partial charge in [0, 0.05) is 11.6 Å². The van der Waals surface area contributed by atoms with Crippen LogP contribution in [0.15, 0.2) is 28.6 Å². The van der Waals surface area contributed by atoms with Crippen LogP contribution >= 0.6 is 23.1 Å². The Kier molecular flexibility index (Phi) is 4.94. The number of carbonyl (C=O) groups excluding carboxylic acids is 1. The van der Waals surface area contributed by atoms with E-state index in [0.717, 1.165) is 15.2 Å². The van der Waals surface area contributed by atoms with E-state index in [1.807, 2.05) is 19.1 Å². The zero-order valence-corrected chi connectivity index (χ0v) is 13.9. The van der Waals surface area contributed by atoms with Gasteiger partial charge in [0.05, 0.1) is 12.4 Å². The molecule has 0 unspecified atom stereocenters. The van der Waals surface area contributed by atoms with Gasteiger partial charge in [0.1, 0.15) is 5.75 Å². The van der Waals surface area contributed by atoms with Crippen molar-refractivity contribution in [2.75, 3.05) is 17.7 Å². The van der Waals surface area contributed by atoms with Gasteiger partial charge in [0.15, 0.2) is 10.1 Å². The maximum atomic E-state index is 12.2. The average molecular weight is 335 g/mol. The second-order valence-electron chi connectivity index (χ2n) is 4.96. The molecule has 0 radical (unpaired) electrons. The van der Waals surface area contributed by atoms with E-state index in [1.165, 1.54) is 35.9 Å². The Bertz CT molecular complexity index is 638. The maximum absolute atomic E-state index is 12.2. The van der Waals surface area contributed by atoms with Crippen LogP contribution < -0.4 is 10.1 Å². The Morgan fingerprint density at radius 1 is 1.36 bits per heavy atom. The standard InChI is InChI=1S/C15H17N3O2S2/c1-2-20-12-7-3-10(4-8-12)13(19)9-21-15-18-17-14(22-15)16-11-5-6-11/h3-4,7-8,11H,2,5-6,9H2,1H3,(H,16,17). The number of benzene rings is 1. The summed E-state index contributed by atoms with van der Waals surface area (Å²) in [6.45, 7) is 2.56. The molecule has 0 bridgehead atoms. The molecule has 1 aromatic carbocycles. The SMILES string of the molecule is CCOc1ccc(C(=O)CSc2nnc(NC3CC3)s2)cc1. The van der Waals surface area contributed by atoms with Gasteiger partial charge >= 0.3 is 0 Å². The molecule has 0 spiro atoms. The molecule has 116 valence electrons. The smallest absolute Gasteiger partial charge is 0.206 e. The van der Waals surface area contributed by atoms with Crippen molar-refractivity contribution in [3.8, 4) is 5.75 Å². The Hall–Kier alpha value is -1.60. The molecule has 7 heteroatoms. The van der Waals surface area contributed by atoms with E-state index >= 15 is 0 Å². The Balaban J connectivity index is 1.51. The summed E-state index contributed by atoms with van der Waals surface area (Å²) in [5.41, 5.74) is 0.691. The van der Waals surface area contributed by atoms with Crippen LogP contribution in [0.5, 0.6) is 5.75 Å². The molecule has 1 aliphatic carbocycles. The van der Waals surface area contributed by atoms with Crippen molar-refractivity contribution >= 4 is 34.0 Å². The van der Waals surface area contributed by atoms with Crippen molar-refractivity contribution in [2.24, 2.45) is 0 Å². The van der Waals surface area contributed by atoms with Crippen molar-refractivity contribution in [3.05, 3.63) is 29.8 Å². The van der Waals surface area contributed by atoms with Crippen LogP contribution in [-0.2, 0) is 0 Å². The minimum atomic E-state index is 0.0833. The van der Waals surface area contributed by atoms with E-state index in [4.69, 9.17) is 4.74 Å². The highest BCUT2D eigenvalue weighted by Crippen LogP contribution is 2.30. The number of anilines is 1. The first-order valence-corrected chi connectivity index (χ1v) is 9.03. The highest BCUT2D eigenvalue weighted by Gasteiger charge is 2.22. The molecular formula is C15H17N3O2S2. The number of hydrogen-bond donors (Lipinski definition) is 1. The van der Waals surface area contributed by atoms with Crippen LogP contribution in [0.3, 0.4) is 0 Å². The molecule has 1 saturated carbocycles. The van der Waals surface area contributed by atoms with Crippen molar-refractivity contribution < 1.29 is 9.53 Å². The third-order valence-corrected chi connectivity index (χ3v) is 5.11. The number of nitrogens with one attached hydrogen (secondary N) is 1. The topological polar surface area (TPSA) is 64.1 Å². The normalized spacial score (nSPS) is 13.9. The van der Waals surface area contributed by atoms with Crippen LogP contribution in [0.1, 0.15) is 30.1 Å². The molecule has 0 saturated heterocycles. The number of nitrogens with zero attached hydrogens (tertiary/aromatic N) is 2. The van der Waals surface area contributed by atoms with Gasteiger partial charge < -0.3 is 10.1 Å². The van der Waals surface area contributed by atoms with E-state index in [9.17, 15) is 4.79 Å². The monoisotopic (exact) mass is 335 g/mol. The van der Waals surface area contributed by atoms with Crippen LogP contribution in [-0.4, -0.2) is 34.4 Å². The summed E-state index contributed by atoms with van der Waals surface area (Å²) in [5, 5.41) is 12.3. The lowest BCUT2D eigenvalue weighted by Gasteiger charge is -2.03. The lowest BCUT2D eigenvalue weighted by molar-refractivity contribution is 0.102. The molecule has 1 fully saturated rings. The molecule has 0 amide bonds. The summed E-state index contributed by atoms with van der Waals surface area (Å²) in [5.74, 6) is 1.23. The number of Topliss-reactive ketones (excluding diaryl/α,β-unsaturated/α-hetero) is 1. The minimum absolute atomic E-state index is 0.0833. The number of carbonyl (C=O) groups is 1. The van der Waals surface area contributed by atoms with Gasteiger partial charge in [-0.2, -0.15) is 0 Å². The Morgan fingerprint density at radius 2 is 2.14 bits per heavy atom. The largest absolute Gasteiger partial charge is 0.494 e. The maximum Gasteiger partial charge on any atom is 0.206 e. The van der Waals surface area contributed by atoms with E-state index in [-0.39, 0.29) is 5.78 Å². The summed E-state index contributed by atoms with van der Waals surface area (Å²) >= 11 is 2.94. The highest BCUT2D eigenvalue weighted by molar-refractivity contribution is 8.01. The average Bonchev–Trinajstić information content (AvgIpc) is 3.23. The third kappa shape index (κ3) is 4.20. The number of rotatable bonds is 8. The van der Waals surface area contributed by atoms with Crippen molar-refractivity contribution in [2.45, 2.75) is 30.1 Å². The van der Waals surface area contributed by atoms with Crippen LogP contribution in [0, 0.1) is 0 Å². The third-order valence-electron chi connectivity index (χ3n) is 3.13. The molecule has 0 atom stereocenters. The van der Waals surface area contributed by atoms with Gasteiger partial charge in [-0.15, -0.1) is 10.2 Å². The number of aromatic nitrogens is 2. The van der Waals surface area contributed by atoms with Crippen molar-refractivity contribution in [1.82, 2.24) is 10.2 Å². The van der Waals surface area contributed by atoms with Crippen LogP contribution in [0.25, 0.3) is 0 Å². The number of ketones is 1. The first-order chi connectivity index (χ1) is 10.7. The fourth-order valence-corrected chi connectivity index (χ4v) is 3.57. The van der Waals surface area contributed by atoms with Crippen LogP contribution in [0.2, 0.25) is 0 Å². The first kappa shape index (κ1) is 15.3. The highest BCUT2D eigenvalue weighted by atomic mass is 32.2. The summed E-state index contributed by atoms with van der Waals surface area (Å²) in [6.07, 6.45) is 2.41. The first-order valence-electron chi connectivity index (χ1n) is 7.23. The van der Waals surface area contributed by atoms with E-state index in [2.05, 4.69) is 15.5 Å². The van der Waals surface area contributed by atoms with Gasteiger partial charge in [0.2, 0.25) is 5.13 Å². The second-order valence-corrected chi connectivity index (χ2v) is 7.16. The van der Waals surface area contributed by atoms with Crippen LogP contribution in [0.4, 0.5) is 5.13 Å². The molecule has 1 heterocycles. The Morgan fingerprint density at radius 3 is 2.82 bits per heavy atom. The molecule has 0 aliphatic heterocycles. The number of ether oxygens (including phenoxy) is 1. The number of hydrogen-bond acceptors (Lipinski definition) is 7. The molecule has 1 N–H and O–H groups in total. The summed E-state index contributed by atoms with van der Waals surface area (Å²) < 4.78 is 6.19. The van der Waals surface area contributed by atoms with Gasteiger partial charge in [-0.05, 0) is 44.0 Å². The van der Waals surface area contributed by atoms with E-state index in [1.54, 1.807) is 12.1 Å². The van der Waals surface area contributed by atoms with Crippen molar-refractivity contribution in [3.63, 3.8) is 0 Å². The molecule has 3 rings (SSSR count). The van der Waals surface area contributed by atoms with Gasteiger partial charge in [0.25, 0.3) is 0 Å². The van der Waals surface area contributed by atoms with Crippen molar-refractivity contribution in [1.29, 1.82) is 0 Å². The fraction of sp³-hybridized carbons (Fsp3) is 0.400. The minimum Gasteiger partial charge on any atom is -0.494 e. The molecule has 2 aromatic rings.